The Bertz CT molecular complexity index is 131. The Morgan fingerprint density at radius 2 is 2.00 bits per heavy atom. The van der Waals surface area contributed by atoms with Gasteiger partial charge in [0, 0.05) is 19.3 Å². The molecule has 3 heteroatoms. The summed E-state index contributed by atoms with van der Waals surface area (Å²) in [6.45, 7) is 4.63. The molecule has 0 radical (unpaired) electrons. The highest BCUT2D eigenvalue weighted by atomic mass is 16.5. The van der Waals surface area contributed by atoms with Gasteiger partial charge in [0.25, 0.3) is 0 Å². The van der Waals surface area contributed by atoms with Crippen LogP contribution < -0.4 is 11.5 Å². The van der Waals surface area contributed by atoms with E-state index in [4.69, 9.17) is 16.2 Å². The molecule has 1 aliphatic rings. The molecular weight excluding hydrogens is 164 g/mol. The summed E-state index contributed by atoms with van der Waals surface area (Å²) in [5.41, 5.74) is 11.9. The van der Waals surface area contributed by atoms with Crippen LogP contribution in [-0.2, 0) is 4.74 Å². The molecule has 2 atom stereocenters. The molecule has 0 aromatic heterocycles. The first-order valence-electron chi connectivity index (χ1n) is 5.33. The lowest BCUT2D eigenvalue weighted by atomic mass is 9.83. The van der Waals surface area contributed by atoms with Crippen molar-refractivity contribution in [1.29, 1.82) is 0 Å². The molecule has 2 unspecified atom stereocenters. The standard InChI is InChI=1S/C10H22N2O/c1-2-8(7-11)10(12)9-3-5-13-6-4-9/h8-10H,2-7,11-12H2,1H3. The van der Waals surface area contributed by atoms with Crippen LogP contribution in [0.5, 0.6) is 0 Å². The highest BCUT2D eigenvalue weighted by Crippen LogP contribution is 2.23. The van der Waals surface area contributed by atoms with E-state index in [1.165, 1.54) is 0 Å². The van der Waals surface area contributed by atoms with Gasteiger partial charge in [0.1, 0.15) is 0 Å². The summed E-state index contributed by atoms with van der Waals surface area (Å²) in [5.74, 6) is 1.12. The topological polar surface area (TPSA) is 61.3 Å². The first kappa shape index (κ1) is 11.0. The van der Waals surface area contributed by atoms with Gasteiger partial charge in [-0.3, -0.25) is 0 Å². The third kappa shape index (κ3) is 2.93. The molecule has 0 bridgehead atoms. The highest BCUT2D eigenvalue weighted by molar-refractivity contribution is 4.81. The van der Waals surface area contributed by atoms with E-state index in [1.54, 1.807) is 0 Å². The van der Waals surface area contributed by atoms with Crippen molar-refractivity contribution in [3.05, 3.63) is 0 Å². The molecule has 1 rings (SSSR count). The van der Waals surface area contributed by atoms with Gasteiger partial charge in [0.15, 0.2) is 0 Å². The van der Waals surface area contributed by atoms with Crippen LogP contribution in [0.3, 0.4) is 0 Å². The molecule has 0 aromatic carbocycles. The molecule has 3 nitrogen and oxygen atoms in total. The van der Waals surface area contributed by atoms with Crippen molar-refractivity contribution in [2.45, 2.75) is 32.2 Å². The van der Waals surface area contributed by atoms with Gasteiger partial charge in [-0.1, -0.05) is 13.3 Å². The lowest BCUT2D eigenvalue weighted by molar-refractivity contribution is 0.0512. The zero-order valence-corrected chi connectivity index (χ0v) is 8.54. The average molecular weight is 186 g/mol. The van der Waals surface area contributed by atoms with Crippen molar-refractivity contribution in [2.75, 3.05) is 19.8 Å². The van der Waals surface area contributed by atoms with Crippen molar-refractivity contribution >= 4 is 0 Å². The summed E-state index contributed by atoms with van der Waals surface area (Å²) in [7, 11) is 0. The molecule has 0 saturated carbocycles. The van der Waals surface area contributed by atoms with Gasteiger partial charge >= 0.3 is 0 Å². The van der Waals surface area contributed by atoms with Crippen molar-refractivity contribution < 1.29 is 4.74 Å². The Kier molecular flexibility index (Phi) is 4.70. The zero-order chi connectivity index (χ0) is 9.68. The van der Waals surface area contributed by atoms with Crippen LogP contribution in [0, 0.1) is 11.8 Å². The fourth-order valence-electron chi connectivity index (χ4n) is 2.08. The van der Waals surface area contributed by atoms with Gasteiger partial charge in [-0.15, -0.1) is 0 Å². The first-order chi connectivity index (χ1) is 6.29. The zero-order valence-electron chi connectivity index (χ0n) is 8.54. The summed E-state index contributed by atoms with van der Waals surface area (Å²) in [4.78, 5) is 0. The molecule has 1 fully saturated rings. The van der Waals surface area contributed by atoms with Gasteiger partial charge in [-0.2, -0.15) is 0 Å². The largest absolute Gasteiger partial charge is 0.381 e. The summed E-state index contributed by atoms with van der Waals surface area (Å²) in [5, 5.41) is 0. The van der Waals surface area contributed by atoms with E-state index in [1.807, 2.05) is 0 Å². The Hall–Kier alpha value is -0.120. The molecule has 0 aliphatic carbocycles. The monoisotopic (exact) mass is 186 g/mol. The maximum Gasteiger partial charge on any atom is 0.0469 e. The Balaban J connectivity index is 2.38. The molecule has 1 heterocycles. The molecule has 1 saturated heterocycles. The van der Waals surface area contributed by atoms with E-state index in [9.17, 15) is 0 Å². The van der Waals surface area contributed by atoms with Crippen LogP contribution in [0.1, 0.15) is 26.2 Å². The van der Waals surface area contributed by atoms with Crippen LogP contribution in [0.25, 0.3) is 0 Å². The molecule has 0 spiro atoms. The minimum atomic E-state index is 0.277. The van der Waals surface area contributed by atoms with E-state index in [0.29, 0.717) is 11.8 Å². The third-order valence-electron chi connectivity index (χ3n) is 3.18. The number of rotatable bonds is 4. The number of nitrogens with two attached hydrogens (primary N) is 2. The maximum atomic E-state index is 6.18. The van der Waals surface area contributed by atoms with Crippen molar-refractivity contribution in [3.63, 3.8) is 0 Å². The molecule has 0 aromatic rings. The molecule has 0 amide bonds. The second kappa shape index (κ2) is 5.58. The fourth-order valence-corrected chi connectivity index (χ4v) is 2.08. The van der Waals surface area contributed by atoms with E-state index in [0.717, 1.165) is 39.0 Å². The van der Waals surface area contributed by atoms with E-state index in [-0.39, 0.29) is 6.04 Å². The van der Waals surface area contributed by atoms with E-state index >= 15 is 0 Å². The second-order valence-electron chi connectivity index (χ2n) is 3.93. The van der Waals surface area contributed by atoms with Gasteiger partial charge in [-0.25, -0.2) is 0 Å². The predicted molar refractivity (Wildman–Crippen MR) is 54.4 cm³/mol. The average Bonchev–Trinajstić information content (AvgIpc) is 2.21. The quantitative estimate of drug-likeness (QED) is 0.680. The minimum absolute atomic E-state index is 0.277. The SMILES string of the molecule is CCC(CN)C(N)C1CCOCC1. The van der Waals surface area contributed by atoms with Gasteiger partial charge in [-0.05, 0) is 31.2 Å². The van der Waals surface area contributed by atoms with Crippen LogP contribution in [0.15, 0.2) is 0 Å². The maximum absolute atomic E-state index is 6.18. The Labute approximate surface area is 80.8 Å². The third-order valence-corrected chi connectivity index (χ3v) is 3.18. The number of hydrogen-bond donors (Lipinski definition) is 2. The molecule has 13 heavy (non-hydrogen) atoms. The van der Waals surface area contributed by atoms with Crippen molar-refractivity contribution in [1.82, 2.24) is 0 Å². The predicted octanol–water partition coefficient (Wildman–Crippen LogP) is 0.725. The minimum Gasteiger partial charge on any atom is -0.381 e. The van der Waals surface area contributed by atoms with Crippen LogP contribution >= 0.6 is 0 Å². The smallest absolute Gasteiger partial charge is 0.0469 e. The lowest BCUT2D eigenvalue weighted by Crippen LogP contribution is -2.43. The van der Waals surface area contributed by atoms with Crippen LogP contribution in [0.4, 0.5) is 0 Å². The second-order valence-corrected chi connectivity index (χ2v) is 3.93. The molecule has 4 N–H and O–H groups in total. The Morgan fingerprint density at radius 3 is 2.46 bits per heavy atom. The summed E-state index contributed by atoms with van der Waals surface area (Å²) >= 11 is 0. The van der Waals surface area contributed by atoms with Crippen LogP contribution in [0.2, 0.25) is 0 Å². The molecule has 78 valence electrons. The normalized spacial score (nSPS) is 24.2. The van der Waals surface area contributed by atoms with Crippen molar-refractivity contribution in [2.24, 2.45) is 23.3 Å². The summed E-state index contributed by atoms with van der Waals surface area (Å²) in [6, 6.07) is 0.277. The Morgan fingerprint density at radius 1 is 1.38 bits per heavy atom. The number of ether oxygens (including phenoxy) is 1. The number of hydrogen-bond acceptors (Lipinski definition) is 3. The van der Waals surface area contributed by atoms with Gasteiger partial charge < -0.3 is 16.2 Å². The molecular formula is C10H22N2O. The van der Waals surface area contributed by atoms with Crippen molar-refractivity contribution in [3.8, 4) is 0 Å². The first-order valence-corrected chi connectivity index (χ1v) is 5.33. The van der Waals surface area contributed by atoms with E-state index in [2.05, 4.69) is 6.92 Å². The summed E-state index contributed by atoms with van der Waals surface area (Å²) < 4.78 is 5.31. The highest BCUT2D eigenvalue weighted by Gasteiger charge is 2.25. The summed E-state index contributed by atoms with van der Waals surface area (Å²) in [6.07, 6.45) is 3.31. The lowest BCUT2D eigenvalue weighted by Gasteiger charge is -2.32. The fraction of sp³-hybridized carbons (Fsp3) is 1.00. The van der Waals surface area contributed by atoms with Gasteiger partial charge in [0.05, 0.1) is 0 Å². The molecule has 1 aliphatic heterocycles. The van der Waals surface area contributed by atoms with Gasteiger partial charge in [0.2, 0.25) is 0 Å². The van der Waals surface area contributed by atoms with Crippen LogP contribution in [-0.4, -0.2) is 25.8 Å². The van der Waals surface area contributed by atoms with E-state index < -0.39 is 0 Å².